The van der Waals surface area contributed by atoms with Crippen LogP contribution < -0.4 is 9.80 Å². The molecule has 2 aliphatic rings. The molecule has 0 spiro atoms. The zero-order valence-electron chi connectivity index (χ0n) is 12.3. The van der Waals surface area contributed by atoms with Gasteiger partial charge in [-0.3, -0.25) is 4.79 Å². The molecule has 1 N–H and O–H groups in total. The predicted molar refractivity (Wildman–Crippen MR) is 84.6 cm³/mol. The summed E-state index contributed by atoms with van der Waals surface area (Å²) in [5.74, 6) is 0.182. The molecule has 4 nitrogen and oxygen atoms in total. The zero-order valence-corrected chi connectivity index (χ0v) is 12.3. The summed E-state index contributed by atoms with van der Waals surface area (Å²) < 4.78 is 0. The van der Waals surface area contributed by atoms with E-state index in [-0.39, 0.29) is 11.9 Å². The van der Waals surface area contributed by atoms with E-state index in [4.69, 9.17) is 0 Å². The summed E-state index contributed by atoms with van der Waals surface area (Å²) in [6, 6.07) is 10.9. The third-order valence-electron chi connectivity index (χ3n) is 4.57. The first kappa shape index (κ1) is 12.5. The van der Waals surface area contributed by atoms with Gasteiger partial charge in [0.25, 0.3) is 0 Å². The fourth-order valence-corrected chi connectivity index (χ4v) is 3.28. The highest BCUT2D eigenvalue weighted by molar-refractivity contribution is 6.05. The standard InChI is InChI=1S/C17H19N3O/c1-11-17(21)19(2)15-8-5-12(14-4-3-9-18-14)10-16(15)20(11)13-6-7-13/h3-5,8-11,13,18H,6-7H2,1-2H3/t11-/m1/s1. The Bertz CT molecular complexity index is 688. The number of fused-ring (bicyclic) bond motifs is 1. The quantitative estimate of drug-likeness (QED) is 0.919. The molecule has 21 heavy (non-hydrogen) atoms. The van der Waals surface area contributed by atoms with E-state index >= 15 is 0 Å². The molecule has 2 aromatic rings. The highest BCUT2D eigenvalue weighted by atomic mass is 16.2. The third-order valence-corrected chi connectivity index (χ3v) is 4.57. The second-order valence-electron chi connectivity index (χ2n) is 6.00. The number of nitrogens with one attached hydrogen (secondary N) is 1. The van der Waals surface area contributed by atoms with E-state index < -0.39 is 0 Å². The van der Waals surface area contributed by atoms with E-state index in [2.05, 4.69) is 34.1 Å². The third kappa shape index (κ3) is 1.86. The van der Waals surface area contributed by atoms with Gasteiger partial charge in [-0.25, -0.2) is 0 Å². The summed E-state index contributed by atoms with van der Waals surface area (Å²) in [6.45, 7) is 2.02. The van der Waals surface area contributed by atoms with Crippen LogP contribution in [0.1, 0.15) is 19.8 Å². The molecule has 0 saturated heterocycles. The number of hydrogen-bond acceptors (Lipinski definition) is 2. The van der Waals surface area contributed by atoms with Crippen molar-refractivity contribution >= 4 is 17.3 Å². The Labute approximate surface area is 124 Å². The molecule has 4 rings (SSSR count). The molecule has 4 heteroatoms. The summed E-state index contributed by atoms with van der Waals surface area (Å²) in [5, 5.41) is 0. The highest BCUT2D eigenvalue weighted by Gasteiger charge is 2.41. The fraction of sp³-hybridized carbons (Fsp3) is 0.353. The molecule has 1 atom stereocenters. The van der Waals surface area contributed by atoms with E-state index in [0.717, 1.165) is 11.4 Å². The first-order chi connectivity index (χ1) is 10.2. The van der Waals surface area contributed by atoms with E-state index in [1.54, 1.807) is 4.90 Å². The number of likely N-dealkylation sites (N-methyl/N-ethyl adjacent to an activating group) is 1. The van der Waals surface area contributed by atoms with E-state index in [0.29, 0.717) is 6.04 Å². The lowest BCUT2D eigenvalue weighted by Crippen LogP contribution is -2.51. The fourth-order valence-electron chi connectivity index (χ4n) is 3.28. The van der Waals surface area contributed by atoms with E-state index in [9.17, 15) is 4.79 Å². The molecule has 1 aliphatic carbocycles. The number of amides is 1. The monoisotopic (exact) mass is 281 g/mol. The normalized spacial score (nSPS) is 21.6. The number of rotatable bonds is 2. The van der Waals surface area contributed by atoms with Gasteiger partial charge in [0.2, 0.25) is 5.91 Å². The Kier molecular flexibility index (Phi) is 2.61. The molecule has 1 aromatic carbocycles. The van der Waals surface area contributed by atoms with Crippen molar-refractivity contribution < 1.29 is 4.79 Å². The number of aromatic nitrogens is 1. The molecule has 2 heterocycles. The molecule has 1 aliphatic heterocycles. The number of hydrogen-bond donors (Lipinski definition) is 1. The Morgan fingerprint density at radius 1 is 1.19 bits per heavy atom. The molecule has 0 bridgehead atoms. The number of carbonyl (C=O) groups excluding carboxylic acids is 1. The molecule has 1 amide bonds. The van der Waals surface area contributed by atoms with Gasteiger partial charge in [-0.15, -0.1) is 0 Å². The molecular formula is C17H19N3O. The SMILES string of the molecule is C[C@@H]1C(=O)N(C)c2ccc(-c3ccc[nH]3)cc2N1C1CC1. The van der Waals surface area contributed by atoms with Crippen molar-refractivity contribution in [2.75, 3.05) is 16.8 Å². The molecule has 1 aromatic heterocycles. The number of anilines is 2. The van der Waals surface area contributed by atoms with Gasteiger partial charge in [0.05, 0.1) is 11.4 Å². The second kappa shape index (κ2) is 4.38. The largest absolute Gasteiger partial charge is 0.361 e. The van der Waals surface area contributed by atoms with Crippen LogP contribution in [0.2, 0.25) is 0 Å². The van der Waals surface area contributed by atoms with Crippen molar-refractivity contribution in [3.05, 3.63) is 36.5 Å². The van der Waals surface area contributed by atoms with Gasteiger partial charge in [0, 0.05) is 30.5 Å². The maximum atomic E-state index is 12.4. The average Bonchev–Trinajstić information content (AvgIpc) is 3.17. The average molecular weight is 281 g/mol. The summed E-state index contributed by atoms with van der Waals surface area (Å²) in [7, 11) is 1.87. The van der Waals surface area contributed by atoms with Crippen LogP contribution in [0.4, 0.5) is 11.4 Å². The van der Waals surface area contributed by atoms with Crippen molar-refractivity contribution in [1.82, 2.24) is 4.98 Å². The predicted octanol–water partition coefficient (Wildman–Crippen LogP) is 3.02. The maximum Gasteiger partial charge on any atom is 0.249 e. The van der Waals surface area contributed by atoms with Crippen LogP contribution in [0.5, 0.6) is 0 Å². The molecular weight excluding hydrogens is 262 g/mol. The minimum absolute atomic E-state index is 0.0751. The van der Waals surface area contributed by atoms with Gasteiger partial charge < -0.3 is 14.8 Å². The molecule has 0 radical (unpaired) electrons. The smallest absolute Gasteiger partial charge is 0.249 e. The topological polar surface area (TPSA) is 39.3 Å². The Hall–Kier alpha value is -2.23. The van der Waals surface area contributed by atoms with Crippen molar-refractivity contribution in [3.8, 4) is 11.3 Å². The van der Waals surface area contributed by atoms with Crippen LogP contribution in [0.15, 0.2) is 36.5 Å². The number of aromatic amines is 1. The number of carbonyl (C=O) groups is 1. The minimum atomic E-state index is -0.0751. The molecule has 1 saturated carbocycles. The van der Waals surface area contributed by atoms with E-state index in [1.807, 2.05) is 26.2 Å². The first-order valence-corrected chi connectivity index (χ1v) is 7.50. The van der Waals surface area contributed by atoms with Crippen LogP contribution in [0.25, 0.3) is 11.3 Å². The van der Waals surface area contributed by atoms with Crippen molar-refractivity contribution in [2.24, 2.45) is 0 Å². The zero-order chi connectivity index (χ0) is 14.6. The molecule has 1 fully saturated rings. The molecule has 108 valence electrons. The maximum absolute atomic E-state index is 12.4. The second-order valence-corrected chi connectivity index (χ2v) is 6.00. The Morgan fingerprint density at radius 3 is 2.67 bits per heavy atom. The minimum Gasteiger partial charge on any atom is -0.361 e. The van der Waals surface area contributed by atoms with Crippen LogP contribution in [-0.2, 0) is 4.79 Å². The summed E-state index contributed by atoms with van der Waals surface area (Å²) in [5.41, 5.74) is 4.47. The lowest BCUT2D eigenvalue weighted by atomic mass is 10.0. The van der Waals surface area contributed by atoms with Gasteiger partial charge in [0.15, 0.2) is 0 Å². The number of benzene rings is 1. The Balaban J connectivity index is 1.86. The van der Waals surface area contributed by atoms with Crippen LogP contribution in [-0.4, -0.2) is 30.0 Å². The lowest BCUT2D eigenvalue weighted by Gasteiger charge is -2.40. The lowest BCUT2D eigenvalue weighted by molar-refractivity contribution is -0.119. The van der Waals surface area contributed by atoms with Crippen LogP contribution in [0.3, 0.4) is 0 Å². The van der Waals surface area contributed by atoms with Crippen LogP contribution >= 0.6 is 0 Å². The van der Waals surface area contributed by atoms with Gasteiger partial charge in [0.1, 0.15) is 6.04 Å². The summed E-state index contributed by atoms with van der Waals surface area (Å²) >= 11 is 0. The summed E-state index contributed by atoms with van der Waals surface area (Å²) in [6.07, 6.45) is 4.31. The van der Waals surface area contributed by atoms with Gasteiger partial charge >= 0.3 is 0 Å². The van der Waals surface area contributed by atoms with Gasteiger partial charge in [-0.1, -0.05) is 6.07 Å². The molecule has 0 unspecified atom stereocenters. The summed E-state index contributed by atoms with van der Waals surface area (Å²) in [4.78, 5) is 19.8. The Morgan fingerprint density at radius 2 is 2.00 bits per heavy atom. The number of nitrogens with zero attached hydrogens (tertiary/aromatic N) is 2. The van der Waals surface area contributed by atoms with Crippen LogP contribution in [0, 0.1) is 0 Å². The van der Waals surface area contributed by atoms with Crippen molar-refractivity contribution in [3.63, 3.8) is 0 Å². The first-order valence-electron chi connectivity index (χ1n) is 7.50. The van der Waals surface area contributed by atoms with Gasteiger partial charge in [-0.2, -0.15) is 0 Å². The van der Waals surface area contributed by atoms with Crippen molar-refractivity contribution in [1.29, 1.82) is 0 Å². The number of H-pyrrole nitrogens is 1. The van der Waals surface area contributed by atoms with Gasteiger partial charge in [-0.05, 0) is 44.0 Å². The van der Waals surface area contributed by atoms with E-state index in [1.165, 1.54) is 24.1 Å². The highest BCUT2D eigenvalue weighted by Crippen LogP contribution is 2.43. The van der Waals surface area contributed by atoms with Crippen molar-refractivity contribution in [2.45, 2.75) is 31.8 Å².